The maximum atomic E-state index is 5.32. The van der Waals surface area contributed by atoms with Crippen LogP contribution in [0.3, 0.4) is 0 Å². The Kier molecular flexibility index (Phi) is 16.0. The summed E-state index contributed by atoms with van der Waals surface area (Å²) in [6, 6.07) is 0. The van der Waals surface area contributed by atoms with Gasteiger partial charge in [-0.3, -0.25) is 0 Å². The van der Waals surface area contributed by atoms with Gasteiger partial charge >= 0.3 is 0 Å². The van der Waals surface area contributed by atoms with E-state index in [2.05, 4.69) is 17.2 Å². The van der Waals surface area contributed by atoms with E-state index in [-0.39, 0.29) is 0 Å². The first-order valence-electron chi connectivity index (χ1n) is 6.30. The molecule has 0 rings (SSSR count). The molecule has 5 heteroatoms. The summed E-state index contributed by atoms with van der Waals surface area (Å²) in [4.78, 5) is 0. The van der Waals surface area contributed by atoms with Crippen molar-refractivity contribution in [2.45, 2.75) is 0 Å². The Morgan fingerprint density at radius 1 is 0.632 bits per heavy atom. The molecule has 0 aromatic rings. The zero-order valence-electron chi connectivity index (χ0n) is 11.4. The Morgan fingerprint density at radius 2 is 1.05 bits per heavy atom. The van der Waals surface area contributed by atoms with Gasteiger partial charge in [0.25, 0.3) is 0 Å². The zero-order valence-corrected chi connectivity index (χ0v) is 11.4. The minimum atomic E-state index is 0.337. The van der Waals surface area contributed by atoms with Gasteiger partial charge in [0, 0.05) is 13.1 Å². The van der Waals surface area contributed by atoms with Crippen molar-refractivity contribution in [3.8, 4) is 24.7 Å². The fourth-order valence-corrected chi connectivity index (χ4v) is 1.12. The molecule has 0 aliphatic carbocycles. The van der Waals surface area contributed by atoms with Crippen molar-refractivity contribution in [2.75, 3.05) is 65.9 Å². The van der Waals surface area contributed by atoms with E-state index in [1.54, 1.807) is 0 Å². The lowest BCUT2D eigenvalue weighted by molar-refractivity contribution is 0.0543. The summed E-state index contributed by atoms with van der Waals surface area (Å²) < 4.78 is 20.7. The highest BCUT2D eigenvalue weighted by Gasteiger charge is 1.91. The third kappa shape index (κ3) is 16.9. The van der Waals surface area contributed by atoms with Crippen LogP contribution in [0.5, 0.6) is 0 Å². The molecule has 0 bridgehead atoms. The van der Waals surface area contributed by atoms with Gasteiger partial charge in [-0.2, -0.15) is 0 Å². The third-order valence-corrected chi connectivity index (χ3v) is 1.96. The molecule has 0 saturated carbocycles. The van der Waals surface area contributed by atoms with Crippen LogP contribution in [-0.2, 0) is 18.9 Å². The van der Waals surface area contributed by atoms with Gasteiger partial charge in [-0.1, -0.05) is 11.8 Å². The molecule has 0 unspecified atom stereocenters. The van der Waals surface area contributed by atoms with Gasteiger partial charge in [0.2, 0.25) is 0 Å². The van der Waals surface area contributed by atoms with Crippen LogP contribution in [-0.4, -0.2) is 65.9 Å². The predicted octanol–water partition coefficient (Wildman–Crippen LogP) is -0.0912. The first-order valence-corrected chi connectivity index (χ1v) is 6.30. The van der Waals surface area contributed by atoms with Crippen molar-refractivity contribution in [3.63, 3.8) is 0 Å². The summed E-state index contributed by atoms with van der Waals surface area (Å²) in [6.07, 6.45) is 10.1. The van der Waals surface area contributed by atoms with E-state index < -0.39 is 0 Å². The Labute approximate surface area is 115 Å². The van der Waals surface area contributed by atoms with Gasteiger partial charge in [0.1, 0.15) is 13.2 Å². The highest BCUT2D eigenvalue weighted by Crippen LogP contribution is 1.79. The van der Waals surface area contributed by atoms with Gasteiger partial charge in [0.15, 0.2) is 0 Å². The summed E-state index contributed by atoms with van der Waals surface area (Å²) in [5.74, 6) is 4.78. The second-order valence-electron chi connectivity index (χ2n) is 3.49. The number of terminal acetylenes is 2. The molecular weight excluding hydrogens is 246 g/mol. The molecule has 0 atom stereocenters. The van der Waals surface area contributed by atoms with Gasteiger partial charge in [-0.15, -0.1) is 12.8 Å². The number of nitrogens with one attached hydrogen (secondary N) is 1. The van der Waals surface area contributed by atoms with Crippen LogP contribution in [0.15, 0.2) is 0 Å². The fourth-order valence-electron chi connectivity index (χ4n) is 1.12. The van der Waals surface area contributed by atoms with Crippen molar-refractivity contribution < 1.29 is 18.9 Å². The zero-order chi connectivity index (χ0) is 14.0. The summed E-state index contributed by atoms with van der Waals surface area (Å²) in [7, 11) is 0. The quantitative estimate of drug-likeness (QED) is 0.353. The van der Waals surface area contributed by atoms with Crippen LogP contribution in [0.2, 0.25) is 0 Å². The van der Waals surface area contributed by atoms with Crippen LogP contribution >= 0.6 is 0 Å². The van der Waals surface area contributed by atoms with Crippen LogP contribution < -0.4 is 5.32 Å². The summed E-state index contributed by atoms with van der Waals surface area (Å²) >= 11 is 0. The standard InChI is InChI=1S/C14H23NO4/c1-3-7-16-11-13-18-9-5-15-6-10-19-14-12-17-8-4-2/h1-2,15H,5-14H2. The molecule has 0 heterocycles. The number of rotatable bonds is 14. The molecule has 108 valence electrons. The number of ether oxygens (including phenoxy) is 4. The maximum absolute atomic E-state index is 5.32. The van der Waals surface area contributed by atoms with Crippen LogP contribution in [0.25, 0.3) is 0 Å². The van der Waals surface area contributed by atoms with E-state index >= 15 is 0 Å². The van der Waals surface area contributed by atoms with Gasteiger partial charge < -0.3 is 24.3 Å². The minimum absolute atomic E-state index is 0.337. The second kappa shape index (κ2) is 16.9. The largest absolute Gasteiger partial charge is 0.378 e. The second-order valence-corrected chi connectivity index (χ2v) is 3.49. The monoisotopic (exact) mass is 269 g/mol. The Morgan fingerprint density at radius 3 is 1.47 bits per heavy atom. The smallest absolute Gasteiger partial charge is 0.107 e. The Bertz CT molecular complexity index is 231. The van der Waals surface area contributed by atoms with Crippen molar-refractivity contribution in [1.29, 1.82) is 0 Å². The number of hydrogen-bond donors (Lipinski definition) is 1. The highest BCUT2D eigenvalue weighted by atomic mass is 16.5. The maximum Gasteiger partial charge on any atom is 0.107 e. The normalized spacial score (nSPS) is 10.0. The summed E-state index contributed by atoms with van der Waals surface area (Å²) in [6.45, 7) is 5.72. The number of hydrogen-bond acceptors (Lipinski definition) is 5. The molecule has 0 fully saturated rings. The summed E-state index contributed by atoms with van der Waals surface area (Å²) in [5.41, 5.74) is 0. The molecule has 5 nitrogen and oxygen atoms in total. The molecule has 0 aromatic heterocycles. The fraction of sp³-hybridized carbons (Fsp3) is 0.714. The van der Waals surface area contributed by atoms with E-state index in [4.69, 9.17) is 31.8 Å². The van der Waals surface area contributed by atoms with Crippen molar-refractivity contribution in [3.05, 3.63) is 0 Å². The van der Waals surface area contributed by atoms with Crippen molar-refractivity contribution >= 4 is 0 Å². The van der Waals surface area contributed by atoms with E-state index in [0.717, 1.165) is 13.1 Å². The van der Waals surface area contributed by atoms with Gasteiger partial charge in [0.05, 0.1) is 39.6 Å². The average molecular weight is 269 g/mol. The molecule has 19 heavy (non-hydrogen) atoms. The van der Waals surface area contributed by atoms with Gasteiger partial charge in [-0.05, 0) is 0 Å². The Balaban J connectivity index is 2.92. The molecule has 0 aromatic carbocycles. The molecule has 0 aliphatic rings. The van der Waals surface area contributed by atoms with Crippen molar-refractivity contribution in [2.24, 2.45) is 0 Å². The SMILES string of the molecule is C#CCOCCOCCNCCOCCOCC#C. The lowest BCUT2D eigenvalue weighted by Crippen LogP contribution is -2.25. The average Bonchev–Trinajstić information content (AvgIpc) is 2.43. The molecule has 0 saturated heterocycles. The molecule has 0 amide bonds. The Hall–Kier alpha value is -1.08. The van der Waals surface area contributed by atoms with Crippen molar-refractivity contribution in [1.82, 2.24) is 5.32 Å². The van der Waals surface area contributed by atoms with Crippen LogP contribution in [0.1, 0.15) is 0 Å². The predicted molar refractivity (Wildman–Crippen MR) is 73.8 cm³/mol. The van der Waals surface area contributed by atoms with E-state index in [9.17, 15) is 0 Å². The summed E-state index contributed by atoms with van der Waals surface area (Å²) in [5, 5.41) is 3.19. The van der Waals surface area contributed by atoms with Crippen LogP contribution in [0.4, 0.5) is 0 Å². The topological polar surface area (TPSA) is 49.0 Å². The molecular formula is C14H23NO4. The van der Waals surface area contributed by atoms with E-state index in [1.807, 2.05) is 0 Å². The third-order valence-electron chi connectivity index (χ3n) is 1.96. The lowest BCUT2D eigenvalue weighted by Gasteiger charge is -2.07. The van der Waals surface area contributed by atoms with Gasteiger partial charge in [-0.25, -0.2) is 0 Å². The first-order chi connectivity index (χ1) is 9.41. The lowest BCUT2D eigenvalue weighted by atomic mass is 10.6. The van der Waals surface area contributed by atoms with Crippen LogP contribution in [0, 0.1) is 24.7 Å². The molecule has 0 radical (unpaired) electrons. The minimum Gasteiger partial charge on any atom is -0.378 e. The molecule has 1 N–H and O–H groups in total. The molecule has 0 spiro atoms. The molecule has 0 aliphatic heterocycles. The van der Waals surface area contributed by atoms with E-state index in [1.165, 1.54) is 0 Å². The van der Waals surface area contributed by atoms with E-state index in [0.29, 0.717) is 52.9 Å². The first kappa shape index (κ1) is 17.9. The highest BCUT2D eigenvalue weighted by molar-refractivity contribution is 4.83.